The minimum atomic E-state index is -1.05. The van der Waals surface area contributed by atoms with Crippen molar-refractivity contribution in [2.45, 2.75) is 110 Å². The molecule has 0 fully saturated rings. The van der Waals surface area contributed by atoms with Gasteiger partial charge in [0.15, 0.2) is 104 Å². The summed E-state index contributed by atoms with van der Waals surface area (Å²) in [7, 11) is 5.21. The first kappa shape index (κ1) is 91.3. The van der Waals surface area contributed by atoms with Gasteiger partial charge in [0.1, 0.15) is 23.0 Å². The van der Waals surface area contributed by atoms with Crippen LogP contribution < -0.4 is 25.7 Å². The Kier molecular flexibility index (Phi) is 36.5. The maximum absolute atomic E-state index is 11.8. The number of hydrogen-bond acceptors (Lipinski definition) is 33. The monoisotopic (exact) mass is 1560 g/mol. The molecule has 9 rings (SSSR count). The number of carbonyl (C=O) groups is 6. The van der Waals surface area contributed by atoms with E-state index < -0.39 is 134 Å². The molecule has 8 aromatic rings. The first-order chi connectivity index (χ1) is 52.2. The Morgan fingerprint density at radius 1 is 0.396 bits per heavy atom. The number of phenolic OH excluding ortho intramolecular Hbond substituents is 19. The number of phenols is 19. The summed E-state index contributed by atoms with van der Waals surface area (Å²) in [6.45, 7) is 5.90. The van der Waals surface area contributed by atoms with Gasteiger partial charge >= 0.3 is 23.9 Å². The second-order valence-corrected chi connectivity index (χ2v) is 23.9. The Bertz CT molecular complexity index is 4320. The molecule has 1 aliphatic rings. The minimum Gasteiger partial charge on any atom is -0.508 e. The maximum Gasteiger partial charge on any atom is 0.338 e. The largest absolute Gasteiger partial charge is 0.508 e. The van der Waals surface area contributed by atoms with Crippen molar-refractivity contribution in [1.82, 2.24) is 0 Å². The molecule has 0 radical (unpaired) electrons. The summed E-state index contributed by atoms with van der Waals surface area (Å²) in [5, 5.41) is 185. The van der Waals surface area contributed by atoms with Crippen molar-refractivity contribution >= 4 is 35.7 Å². The van der Waals surface area contributed by atoms with Gasteiger partial charge in [0.05, 0.1) is 69.5 Å². The Morgan fingerprint density at radius 2 is 0.739 bits per heavy atom. The van der Waals surface area contributed by atoms with Crippen LogP contribution in [0.15, 0.2) is 109 Å². The highest BCUT2D eigenvalue weighted by atomic mass is 16.6. The first-order valence-corrected chi connectivity index (χ1v) is 33.3. The number of aliphatic hydroxyl groups is 1. The molecule has 1 heterocycles. The van der Waals surface area contributed by atoms with Crippen LogP contribution in [-0.2, 0) is 25.4 Å². The normalized spacial score (nSPS) is 12.0. The SMILES string of the molecule is CC(C)OC(=O)c1cc(O)c(O)c(O)c1.CCCCCCCCCCCCOC(=O)c1cc(O)c(O)c(O)c1.COC(=O)c1cc(O)c(O)c(O)c1.COC(=O)c1cc(OC)c(O)c(OC)c1.NC(=O)c1cc(O)c(O)c(O)c1.NC(=O)c1ccc(O)cc1.Oc1cc(O)c2c(c1)O[C@H](c1cc(O)c(O)c(O)c1)[C@H](O)C2. The fraction of sp³-hybridized carbons (Fsp3) is 0.289. The summed E-state index contributed by atoms with van der Waals surface area (Å²) in [5.41, 5.74) is 11.0. The van der Waals surface area contributed by atoms with Crippen LogP contribution in [0.1, 0.15) is 164 Å². The van der Waals surface area contributed by atoms with Crippen molar-refractivity contribution in [3.05, 3.63) is 154 Å². The fourth-order valence-corrected chi connectivity index (χ4v) is 9.44. The van der Waals surface area contributed by atoms with Crippen LogP contribution in [0.4, 0.5) is 0 Å². The van der Waals surface area contributed by atoms with Crippen molar-refractivity contribution in [3.8, 4) is 126 Å². The average molecular weight is 1560 g/mol. The molecule has 35 nitrogen and oxygen atoms in total. The van der Waals surface area contributed by atoms with Crippen molar-refractivity contribution in [1.29, 1.82) is 0 Å². The van der Waals surface area contributed by atoms with E-state index >= 15 is 0 Å². The molecule has 0 aliphatic carbocycles. The molecule has 0 aromatic heterocycles. The number of rotatable bonds is 21. The smallest absolute Gasteiger partial charge is 0.338 e. The zero-order chi connectivity index (χ0) is 83.7. The van der Waals surface area contributed by atoms with Gasteiger partial charge < -0.3 is 147 Å². The molecule has 602 valence electrons. The van der Waals surface area contributed by atoms with Gasteiger partial charge in [-0.25, -0.2) is 19.2 Å². The molecular formula is C76H90N2O33. The zero-order valence-electron chi connectivity index (χ0n) is 61.0. The van der Waals surface area contributed by atoms with Gasteiger partial charge in [0, 0.05) is 40.8 Å². The van der Waals surface area contributed by atoms with E-state index in [-0.39, 0.29) is 86.2 Å². The highest BCUT2D eigenvalue weighted by Crippen LogP contribution is 2.46. The Morgan fingerprint density at radius 3 is 1.10 bits per heavy atom. The Balaban J connectivity index is 0.000000342. The number of ether oxygens (including phenoxy) is 7. The number of nitrogens with two attached hydrogens (primary N) is 2. The molecule has 35 heteroatoms. The van der Waals surface area contributed by atoms with Crippen LogP contribution in [0.3, 0.4) is 0 Å². The van der Waals surface area contributed by atoms with Crippen molar-refractivity contribution in [3.63, 3.8) is 0 Å². The summed E-state index contributed by atoms with van der Waals surface area (Å²) in [6.07, 6.45) is 9.84. The van der Waals surface area contributed by atoms with E-state index in [1.54, 1.807) is 13.8 Å². The minimum absolute atomic E-state index is 0.0171. The van der Waals surface area contributed by atoms with Gasteiger partial charge in [0.25, 0.3) is 0 Å². The lowest BCUT2D eigenvalue weighted by atomic mass is 9.93. The van der Waals surface area contributed by atoms with Gasteiger partial charge in [-0.15, -0.1) is 0 Å². The standard InChI is InChI=1S/C19H30O5.C15H14O7.2C10H12O5.C8H8O5.C7H7NO4.C7H7NO2/c1-2-3-4-5-6-7-8-9-10-11-12-24-19(23)15-13-16(20)18(22)17(21)14-15;16-7-3-9(17)8-5-12(20)15(22-13(8)4-7)6-1-10(18)14(21)11(19)2-6;1-13-7-4-6(10(12)15-3)5-8(14-2)9(7)11;1-5(2)15-10(14)6-3-7(11)9(13)8(12)4-6;1-13-8(12)4-2-5(9)7(11)6(10)3-4;8-7(12)3-1-4(9)6(11)5(10)2-3;8-7(10)5-1-3-6(9)4-2-5/h13-14,20-22H,2-12H2,1H3;1-4,12,15-21H,5H2;4-5,11H,1-3H3;3-5,11-13H,1-2H3;2-3,9-11H,1H3;1-2,9-11H,(H2,8,12);1-4,9H,(H2,8,10)/t;12-,15-;;;;;/m.1...../s1. The lowest BCUT2D eigenvalue weighted by Crippen LogP contribution is -2.30. The molecule has 0 spiro atoms. The van der Waals surface area contributed by atoms with Gasteiger partial charge in [-0.1, -0.05) is 64.7 Å². The third kappa shape index (κ3) is 28.4. The first-order valence-electron chi connectivity index (χ1n) is 33.3. The number of unbranched alkanes of at least 4 members (excludes halogenated alkanes) is 9. The summed E-state index contributed by atoms with van der Waals surface area (Å²) in [5.74, 6) is -12.6. The summed E-state index contributed by atoms with van der Waals surface area (Å²) < 4.78 is 34.2. The van der Waals surface area contributed by atoms with Crippen molar-refractivity contribution in [2.75, 3.05) is 35.0 Å². The zero-order valence-corrected chi connectivity index (χ0v) is 61.0. The molecule has 1 aliphatic heterocycles. The predicted octanol–water partition coefficient (Wildman–Crippen LogP) is 9.68. The number of primary amides is 2. The number of esters is 4. The molecule has 2 amide bonds. The highest BCUT2D eigenvalue weighted by Gasteiger charge is 2.33. The fourth-order valence-electron chi connectivity index (χ4n) is 9.44. The van der Waals surface area contributed by atoms with E-state index in [1.807, 2.05) is 0 Å². The predicted molar refractivity (Wildman–Crippen MR) is 392 cm³/mol. The van der Waals surface area contributed by atoms with Crippen LogP contribution in [0.2, 0.25) is 0 Å². The van der Waals surface area contributed by atoms with E-state index in [2.05, 4.69) is 16.4 Å². The van der Waals surface area contributed by atoms with Crippen LogP contribution in [0.5, 0.6) is 126 Å². The molecule has 2 atom stereocenters. The lowest BCUT2D eigenvalue weighted by molar-refractivity contribution is 0.0196. The van der Waals surface area contributed by atoms with Crippen molar-refractivity contribution in [2.24, 2.45) is 11.5 Å². The lowest BCUT2D eigenvalue weighted by Gasteiger charge is -2.31. The average Bonchev–Trinajstić information content (AvgIpc) is 0.778. The number of amides is 2. The van der Waals surface area contributed by atoms with Crippen molar-refractivity contribution < 1.29 is 164 Å². The van der Waals surface area contributed by atoms with E-state index in [9.17, 15) is 79.8 Å². The topological polar surface area (TPSA) is 624 Å². The maximum atomic E-state index is 11.8. The molecule has 0 unspecified atom stereocenters. The number of aliphatic hydroxyl groups excluding tert-OH is 1. The van der Waals surface area contributed by atoms with Gasteiger partial charge in [0.2, 0.25) is 17.6 Å². The molecule has 0 saturated heterocycles. The molecular weight excluding hydrogens is 1470 g/mol. The Labute approximate surface area is 633 Å². The number of carbonyl (C=O) groups excluding carboxylic acids is 6. The quantitative estimate of drug-likeness (QED) is 0.0138. The second-order valence-electron chi connectivity index (χ2n) is 23.9. The number of fused-ring (bicyclic) bond motifs is 1. The summed E-state index contributed by atoms with van der Waals surface area (Å²) >= 11 is 0. The van der Waals surface area contributed by atoms with Crippen LogP contribution in [0.25, 0.3) is 0 Å². The van der Waals surface area contributed by atoms with E-state index in [0.29, 0.717) is 17.7 Å². The molecule has 24 N–H and O–H groups in total. The van der Waals surface area contributed by atoms with Gasteiger partial charge in [-0.2, -0.15) is 0 Å². The summed E-state index contributed by atoms with van der Waals surface area (Å²) in [6, 6.07) is 21.5. The van der Waals surface area contributed by atoms with Crippen LogP contribution >= 0.6 is 0 Å². The van der Waals surface area contributed by atoms with E-state index in [4.69, 9.17) is 86.2 Å². The molecule has 0 saturated carbocycles. The third-order valence-corrected chi connectivity index (χ3v) is 15.2. The number of methoxy groups -OCH3 is 4. The highest BCUT2D eigenvalue weighted by molar-refractivity contribution is 5.95. The number of hydrogen-bond donors (Lipinski definition) is 22. The number of benzene rings is 8. The molecule has 0 bridgehead atoms. The Hall–Kier alpha value is -13.9. The van der Waals surface area contributed by atoms with Crippen LogP contribution in [-0.4, -0.2) is 185 Å². The molecule has 8 aromatic carbocycles. The van der Waals surface area contributed by atoms with E-state index in [1.165, 1.54) is 116 Å². The van der Waals surface area contributed by atoms with E-state index in [0.717, 1.165) is 86.0 Å². The summed E-state index contributed by atoms with van der Waals surface area (Å²) in [4.78, 5) is 66.3. The second kappa shape index (κ2) is 44.3. The molecule has 111 heavy (non-hydrogen) atoms. The third-order valence-electron chi connectivity index (χ3n) is 15.2. The van der Waals surface area contributed by atoms with Gasteiger partial charge in [-0.05, 0) is 117 Å². The number of aromatic hydroxyl groups is 19. The van der Waals surface area contributed by atoms with Gasteiger partial charge in [-0.3, -0.25) is 9.59 Å². The van der Waals surface area contributed by atoms with Crippen LogP contribution in [0, 0.1) is 0 Å².